The minimum atomic E-state index is -0.603. The van der Waals surface area contributed by atoms with E-state index in [2.05, 4.69) is 24.1 Å². The Morgan fingerprint density at radius 3 is 2.61 bits per heavy atom. The second kappa shape index (κ2) is 7.08. The number of benzene rings is 2. The van der Waals surface area contributed by atoms with Gasteiger partial charge in [0.1, 0.15) is 18.8 Å². The molecule has 4 rings (SSSR count). The molecule has 8 nitrogen and oxygen atoms in total. The zero-order valence-electron chi connectivity index (χ0n) is 15.2. The van der Waals surface area contributed by atoms with Gasteiger partial charge in [0.25, 0.3) is 11.6 Å². The van der Waals surface area contributed by atoms with Crippen LogP contribution < -0.4 is 14.8 Å². The van der Waals surface area contributed by atoms with E-state index in [4.69, 9.17) is 9.47 Å². The predicted molar refractivity (Wildman–Crippen MR) is 106 cm³/mol. The monoisotopic (exact) mass is 399 g/mol. The highest BCUT2D eigenvalue weighted by Crippen LogP contribution is 2.37. The number of fused-ring (bicyclic) bond motifs is 2. The summed E-state index contributed by atoms with van der Waals surface area (Å²) < 4.78 is 11.8. The van der Waals surface area contributed by atoms with E-state index in [0.29, 0.717) is 30.6 Å². The largest absolute Gasteiger partial charge is 0.486 e. The van der Waals surface area contributed by atoms with Gasteiger partial charge < -0.3 is 14.8 Å². The highest BCUT2D eigenvalue weighted by atomic mass is 32.1. The molecule has 28 heavy (non-hydrogen) atoms. The Bertz CT molecular complexity index is 1090. The van der Waals surface area contributed by atoms with Crippen molar-refractivity contribution >= 4 is 38.8 Å². The van der Waals surface area contributed by atoms with E-state index in [-0.39, 0.29) is 17.0 Å². The van der Waals surface area contributed by atoms with E-state index in [1.54, 1.807) is 17.4 Å². The van der Waals surface area contributed by atoms with E-state index < -0.39 is 10.8 Å². The third kappa shape index (κ3) is 3.36. The average molecular weight is 399 g/mol. The molecule has 1 N–H and O–H groups in total. The Morgan fingerprint density at radius 2 is 1.93 bits per heavy atom. The van der Waals surface area contributed by atoms with Crippen LogP contribution in [0.2, 0.25) is 0 Å². The lowest BCUT2D eigenvalue weighted by Gasteiger charge is -2.18. The minimum Gasteiger partial charge on any atom is -0.486 e. The maximum atomic E-state index is 12.8. The summed E-state index contributed by atoms with van der Waals surface area (Å²) in [6, 6.07) is 7.95. The van der Waals surface area contributed by atoms with Crippen molar-refractivity contribution in [1.29, 1.82) is 0 Å². The lowest BCUT2D eigenvalue weighted by Crippen LogP contribution is -2.18. The van der Waals surface area contributed by atoms with Crippen LogP contribution in [0, 0.1) is 10.1 Å². The van der Waals surface area contributed by atoms with Gasteiger partial charge in [0.2, 0.25) is 0 Å². The van der Waals surface area contributed by atoms with Gasteiger partial charge in [-0.3, -0.25) is 14.9 Å². The SMILES string of the molecule is CC(C)c1nc2ccc(NC(=O)c3cc4c(cc3[N+](=O)[O-])OCCO4)cc2s1. The molecule has 1 aromatic heterocycles. The van der Waals surface area contributed by atoms with Gasteiger partial charge >= 0.3 is 0 Å². The van der Waals surface area contributed by atoms with Crippen LogP contribution in [0.5, 0.6) is 11.5 Å². The maximum absolute atomic E-state index is 12.8. The molecule has 1 aliphatic rings. The highest BCUT2D eigenvalue weighted by molar-refractivity contribution is 7.18. The van der Waals surface area contributed by atoms with E-state index in [9.17, 15) is 14.9 Å². The van der Waals surface area contributed by atoms with E-state index in [1.165, 1.54) is 12.1 Å². The summed E-state index contributed by atoms with van der Waals surface area (Å²) in [5.41, 5.74) is 0.988. The van der Waals surface area contributed by atoms with Crippen molar-refractivity contribution in [2.45, 2.75) is 19.8 Å². The van der Waals surface area contributed by atoms with Gasteiger partial charge in [-0.2, -0.15) is 0 Å². The Labute approximate surface area is 164 Å². The summed E-state index contributed by atoms with van der Waals surface area (Å²) >= 11 is 1.56. The molecule has 9 heteroatoms. The smallest absolute Gasteiger partial charge is 0.286 e. The molecular formula is C19H17N3O5S. The van der Waals surface area contributed by atoms with Crippen LogP contribution in [-0.2, 0) is 0 Å². The number of rotatable bonds is 4. The number of aromatic nitrogens is 1. The molecule has 0 atom stereocenters. The summed E-state index contributed by atoms with van der Waals surface area (Å²) in [4.78, 5) is 28.1. The Hall–Kier alpha value is -3.20. The second-order valence-corrected chi connectivity index (χ2v) is 7.68. The van der Waals surface area contributed by atoms with Crippen molar-refractivity contribution in [3.05, 3.63) is 51.0 Å². The Balaban J connectivity index is 1.66. The van der Waals surface area contributed by atoms with Crippen LogP contribution >= 0.6 is 11.3 Å². The van der Waals surface area contributed by atoms with E-state index >= 15 is 0 Å². The first-order valence-corrected chi connectivity index (χ1v) is 9.54. The topological polar surface area (TPSA) is 104 Å². The number of carbonyl (C=O) groups excluding carboxylic acids is 1. The van der Waals surface area contributed by atoms with Crippen LogP contribution in [0.15, 0.2) is 30.3 Å². The lowest BCUT2D eigenvalue weighted by atomic mass is 10.1. The molecule has 0 aliphatic carbocycles. The molecule has 0 bridgehead atoms. The molecule has 3 aromatic rings. The van der Waals surface area contributed by atoms with Gasteiger partial charge in [-0.1, -0.05) is 13.8 Å². The quantitative estimate of drug-likeness (QED) is 0.517. The Morgan fingerprint density at radius 1 is 1.21 bits per heavy atom. The molecule has 0 unspecified atom stereocenters. The van der Waals surface area contributed by atoms with Gasteiger partial charge in [-0.25, -0.2) is 4.98 Å². The third-order valence-electron chi connectivity index (χ3n) is 4.26. The number of ether oxygens (including phenoxy) is 2. The van der Waals surface area contributed by atoms with Crippen molar-refractivity contribution in [2.75, 3.05) is 18.5 Å². The molecule has 0 saturated heterocycles. The first kappa shape index (κ1) is 18.2. The number of nitro benzene ring substituents is 1. The van der Waals surface area contributed by atoms with Crippen LogP contribution in [0.4, 0.5) is 11.4 Å². The van der Waals surface area contributed by atoms with E-state index in [0.717, 1.165) is 15.2 Å². The summed E-state index contributed by atoms with van der Waals surface area (Å²) in [6.45, 7) is 4.78. The average Bonchev–Trinajstić information content (AvgIpc) is 3.10. The van der Waals surface area contributed by atoms with Crippen molar-refractivity contribution < 1.29 is 19.2 Å². The van der Waals surface area contributed by atoms with E-state index in [1.807, 2.05) is 12.1 Å². The van der Waals surface area contributed by atoms with Gasteiger partial charge in [0.15, 0.2) is 11.5 Å². The van der Waals surface area contributed by atoms with Crippen LogP contribution in [-0.4, -0.2) is 29.0 Å². The molecule has 0 saturated carbocycles. The van der Waals surface area contributed by atoms with Gasteiger partial charge in [-0.15, -0.1) is 11.3 Å². The molecule has 0 spiro atoms. The molecule has 1 amide bonds. The number of hydrogen-bond acceptors (Lipinski definition) is 7. The first-order chi connectivity index (χ1) is 13.4. The summed E-state index contributed by atoms with van der Waals surface area (Å²) in [5.74, 6) is 0.315. The fraction of sp³-hybridized carbons (Fsp3) is 0.263. The van der Waals surface area contributed by atoms with Crippen LogP contribution in [0.3, 0.4) is 0 Å². The fourth-order valence-electron chi connectivity index (χ4n) is 2.88. The number of nitro groups is 1. The molecule has 0 radical (unpaired) electrons. The number of amides is 1. The number of hydrogen-bond donors (Lipinski definition) is 1. The number of nitrogens with one attached hydrogen (secondary N) is 1. The molecule has 2 heterocycles. The Kier molecular flexibility index (Phi) is 4.60. The number of nitrogens with zero attached hydrogens (tertiary/aromatic N) is 2. The van der Waals surface area contributed by atoms with Gasteiger partial charge in [-0.05, 0) is 18.2 Å². The molecule has 1 aliphatic heterocycles. The van der Waals surface area contributed by atoms with Crippen molar-refractivity contribution in [3.63, 3.8) is 0 Å². The first-order valence-electron chi connectivity index (χ1n) is 8.72. The third-order valence-corrected chi connectivity index (χ3v) is 5.58. The number of carbonyl (C=O) groups is 1. The highest BCUT2D eigenvalue weighted by Gasteiger charge is 2.26. The maximum Gasteiger partial charge on any atom is 0.286 e. The second-order valence-electron chi connectivity index (χ2n) is 6.61. The summed E-state index contributed by atoms with van der Waals surface area (Å²) in [5, 5.41) is 15.2. The van der Waals surface area contributed by atoms with Gasteiger partial charge in [0, 0.05) is 17.7 Å². The van der Waals surface area contributed by atoms with Crippen molar-refractivity contribution in [1.82, 2.24) is 4.98 Å². The van der Waals surface area contributed by atoms with Crippen LogP contribution in [0.1, 0.15) is 35.1 Å². The summed E-state index contributed by atoms with van der Waals surface area (Å²) in [7, 11) is 0. The fourth-order valence-corrected chi connectivity index (χ4v) is 3.89. The van der Waals surface area contributed by atoms with Gasteiger partial charge in [0.05, 0.1) is 26.2 Å². The lowest BCUT2D eigenvalue weighted by molar-refractivity contribution is -0.385. The minimum absolute atomic E-state index is 0.0819. The normalized spacial score (nSPS) is 13.0. The molecular weight excluding hydrogens is 382 g/mol. The number of anilines is 1. The van der Waals surface area contributed by atoms with Crippen molar-refractivity contribution in [3.8, 4) is 11.5 Å². The summed E-state index contributed by atoms with van der Waals surface area (Å²) in [6.07, 6.45) is 0. The predicted octanol–water partition coefficient (Wildman–Crippen LogP) is 4.35. The molecule has 0 fully saturated rings. The van der Waals surface area contributed by atoms with Crippen molar-refractivity contribution in [2.24, 2.45) is 0 Å². The number of thiazole rings is 1. The zero-order valence-corrected chi connectivity index (χ0v) is 16.0. The molecule has 144 valence electrons. The van der Waals surface area contributed by atoms with Crippen LogP contribution in [0.25, 0.3) is 10.2 Å². The molecule has 2 aromatic carbocycles. The zero-order chi connectivity index (χ0) is 19.8. The standard InChI is InChI=1S/C19H17N3O5S/c1-10(2)19-21-13-4-3-11(7-17(13)28-19)20-18(23)12-8-15-16(27-6-5-26-15)9-14(12)22(24)25/h3-4,7-10H,5-6H2,1-2H3,(H,20,23).